The molecule has 1 saturated carbocycles. The number of ether oxygens (including phenoxy) is 1. The quantitative estimate of drug-likeness (QED) is 0.464. The topological polar surface area (TPSA) is 9.23 Å². The summed E-state index contributed by atoms with van der Waals surface area (Å²) in [4.78, 5) is 0. The summed E-state index contributed by atoms with van der Waals surface area (Å²) in [6, 6.07) is 3.14. The van der Waals surface area contributed by atoms with Crippen LogP contribution in [0.3, 0.4) is 0 Å². The zero-order valence-corrected chi connectivity index (χ0v) is 15.9. The third-order valence-corrected chi connectivity index (χ3v) is 4.97. The van der Waals surface area contributed by atoms with Gasteiger partial charge in [-0.2, -0.15) is 4.39 Å². The molecule has 0 unspecified atom stereocenters. The fourth-order valence-electron chi connectivity index (χ4n) is 3.44. The first-order valence-corrected chi connectivity index (χ1v) is 9.66. The number of allylic oxidation sites excluding steroid dienone is 5. The maximum Gasteiger partial charge on any atom is 0.200 e. The van der Waals surface area contributed by atoms with Gasteiger partial charge in [0.2, 0.25) is 5.82 Å². The molecule has 1 aromatic rings. The van der Waals surface area contributed by atoms with E-state index in [0.717, 1.165) is 12.3 Å². The average Bonchev–Trinajstić information content (AvgIpc) is 2.65. The number of rotatable bonds is 8. The molecule has 0 spiro atoms. The minimum Gasteiger partial charge on any atom is -0.486 e. The molecule has 0 saturated heterocycles. The molecule has 1 nitrogen and oxygen atoms in total. The summed E-state index contributed by atoms with van der Waals surface area (Å²) in [5.41, 5.74) is 0.405. The van der Waals surface area contributed by atoms with Crippen LogP contribution in [0.1, 0.15) is 51.5 Å². The molecule has 0 amide bonds. The largest absolute Gasteiger partial charge is 0.486 e. The van der Waals surface area contributed by atoms with E-state index in [9.17, 15) is 8.78 Å². The van der Waals surface area contributed by atoms with Gasteiger partial charge in [-0.25, -0.2) is 4.39 Å². The van der Waals surface area contributed by atoms with E-state index < -0.39 is 11.6 Å². The van der Waals surface area contributed by atoms with Gasteiger partial charge in [-0.3, -0.25) is 0 Å². The molecule has 0 bridgehead atoms. The maximum atomic E-state index is 14.2. The van der Waals surface area contributed by atoms with E-state index in [2.05, 4.69) is 31.2 Å². The van der Waals surface area contributed by atoms with E-state index in [1.165, 1.54) is 31.7 Å². The predicted molar refractivity (Wildman–Crippen MR) is 104 cm³/mol. The molecule has 3 heteroatoms. The van der Waals surface area contributed by atoms with Crippen LogP contribution in [-0.4, -0.2) is 6.61 Å². The molecule has 26 heavy (non-hydrogen) atoms. The standard InChI is InChI=1S/C23H30F2O/c1-3-5-17-26-21-16-15-20(22(24)23(21)25)10-7-6-9-19-13-11-18(8-4-2)12-14-19/h3-6,8-9,15-16,18-19H,7,10-14,17H2,1-2H3/b5-3+,8-4+,9-6+. The second-order valence-electron chi connectivity index (χ2n) is 6.90. The minimum atomic E-state index is -0.890. The Hall–Kier alpha value is -1.90. The number of benzene rings is 1. The normalized spacial score (nSPS) is 21.2. The molecule has 142 valence electrons. The summed E-state index contributed by atoms with van der Waals surface area (Å²) in [5, 5.41) is 0. The Labute approximate surface area is 156 Å². The monoisotopic (exact) mass is 360 g/mol. The van der Waals surface area contributed by atoms with Crippen molar-refractivity contribution in [3.05, 3.63) is 65.8 Å². The Morgan fingerprint density at radius 2 is 1.62 bits per heavy atom. The van der Waals surface area contributed by atoms with Crippen LogP contribution in [0.4, 0.5) is 8.78 Å². The lowest BCUT2D eigenvalue weighted by Gasteiger charge is -2.24. The molecule has 1 aliphatic rings. The van der Waals surface area contributed by atoms with Crippen molar-refractivity contribution in [3.8, 4) is 5.75 Å². The van der Waals surface area contributed by atoms with Gasteiger partial charge in [-0.15, -0.1) is 0 Å². The second-order valence-corrected chi connectivity index (χ2v) is 6.90. The zero-order valence-electron chi connectivity index (χ0n) is 15.9. The fraction of sp³-hybridized carbons (Fsp3) is 0.478. The van der Waals surface area contributed by atoms with Crippen LogP contribution < -0.4 is 4.74 Å². The van der Waals surface area contributed by atoms with Gasteiger partial charge in [0.05, 0.1) is 0 Å². The van der Waals surface area contributed by atoms with E-state index in [1.807, 2.05) is 13.0 Å². The summed E-state index contributed by atoms with van der Waals surface area (Å²) < 4.78 is 33.4. The summed E-state index contributed by atoms with van der Waals surface area (Å²) >= 11 is 0. The van der Waals surface area contributed by atoms with Crippen molar-refractivity contribution in [1.29, 1.82) is 0 Å². The molecule has 2 rings (SSSR count). The van der Waals surface area contributed by atoms with Gasteiger partial charge in [-0.05, 0) is 75.8 Å². The molecule has 0 heterocycles. The van der Waals surface area contributed by atoms with Gasteiger partial charge < -0.3 is 4.74 Å². The fourth-order valence-corrected chi connectivity index (χ4v) is 3.44. The van der Waals surface area contributed by atoms with Crippen molar-refractivity contribution in [1.82, 2.24) is 0 Å². The smallest absolute Gasteiger partial charge is 0.200 e. The lowest BCUT2D eigenvalue weighted by molar-refractivity contribution is 0.331. The highest BCUT2D eigenvalue weighted by molar-refractivity contribution is 5.31. The number of halogens is 2. The molecule has 0 atom stereocenters. The van der Waals surface area contributed by atoms with E-state index in [-0.39, 0.29) is 12.4 Å². The highest BCUT2D eigenvalue weighted by Crippen LogP contribution is 2.30. The third-order valence-electron chi connectivity index (χ3n) is 4.97. The van der Waals surface area contributed by atoms with Crippen LogP contribution in [-0.2, 0) is 6.42 Å². The van der Waals surface area contributed by atoms with E-state index in [4.69, 9.17) is 4.74 Å². The van der Waals surface area contributed by atoms with E-state index in [0.29, 0.717) is 17.9 Å². The van der Waals surface area contributed by atoms with Crippen LogP contribution in [0.15, 0.2) is 48.6 Å². The maximum absolute atomic E-state index is 14.2. The molecule has 0 N–H and O–H groups in total. The van der Waals surface area contributed by atoms with Crippen LogP contribution in [0, 0.1) is 23.5 Å². The Balaban J connectivity index is 1.81. The zero-order chi connectivity index (χ0) is 18.8. The van der Waals surface area contributed by atoms with Crippen LogP contribution in [0.25, 0.3) is 0 Å². The Kier molecular flexibility index (Phi) is 8.60. The lowest BCUT2D eigenvalue weighted by Crippen LogP contribution is -2.11. The van der Waals surface area contributed by atoms with Crippen molar-refractivity contribution in [2.45, 2.75) is 52.4 Å². The summed E-state index contributed by atoms with van der Waals surface area (Å²) in [7, 11) is 0. The average molecular weight is 360 g/mol. The van der Waals surface area contributed by atoms with Crippen molar-refractivity contribution in [2.75, 3.05) is 6.61 Å². The number of aryl methyl sites for hydroxylation is 1. The Morgan fingerprint density at radius 3 is 2.27 bits per heavy atom. The first-order valence-electron chi connectivity index (χ1n) is 9.66. The first kappa shape index (κ1) is 20.4. The minimum absolute atomic E-state index is 0.0298. The van der Waals surface area contributed by atoms with Crippen LogP contribution >= 0.6 is 0 Å². The predicted octanol–water partition coefficient (Wildman–Crippen LogP) is 6.79. The van der Waals surface area contributed by atoms with Crippen molar-refractivity contribution >= 4 is 0 Å². The Bertz CT molecular complexity index is 638. The molecule has 0 radical (unpaired) electrons. The number of hydrogen-bond acceptors (Lipinski definition) is 1. The molecular weight excluding hydrogens is 330 g/mol. The van der Waals surface area contributed by atoms with Crippen LogP contribution in [0.5, 0.6) is 5.75 Å². The molecule has 0 aromatic heterocycles. The van der Waals surface area contributed by atoms with Gasteiger partial charge in [0.25, 0.3) is 0 Å². The Morgan fingerprint density at radius 1 is 0.923 bits per heavy atom. The summed E-state index contributed by atoms with van der Waals surface area (Å²) in [6.45, 7) is 4.17. The molecular formula is C23H30F2O. The van der Waals surface area contributed by atoms with Gasteiger partial charge >= 0.3 is 0 Å². The summed E-state index contributed by atoms with van der Waals surface area (Å²) in [6.07, 6.45) is 18.5. The molecule has 1 fully saturated rings. The van der Waals surface area contributed by atoms with Crippen molar-refractivity contribution in [3.63, 3.8) is 0 Å². The highest BCUT2D eigenvalue weighted by Gasteiger charge is 2.17. The van der Waals surface area contributed by atoms with E-state index >= 15 is 0 Å². The highest BCUT2D eigenvalue weighted by atomic mass is 19.2. The molecule has 0 aliphatic heterocycles. The van der Waals surface area contributed by atoms with Gasteiger partial charge in [0, 0.05) is 0 Å². The SMILES string of the molecule is C/C=C/COc1ccc(CC/C=C/C2CCC(/C=C/C)CC2)c(F)c1F. The second kappa shape index (κ2) is 10.9. The summed E-state index contributed by atoms with van der Waals surface area (Å²) in [5.74, 6) is -0.352. The van der Waals surface area contributed by atoms with Gasteiger partial charge in [0.15, 0.2) is 11.6 Å². The van der Waals surface area contributed by atoms with Crippen molar-refractivity contribution in [2.24, 2.45) is 11.8 Å². The molecule has 1 aromatic carbocycles. The number of hydrogen-bond donors (Lipinski definition) is 0. The van der Waals surface area contributed by atoms with Crippen molar-refractivity contribution < 1.29 is 13.5 Å². The van der Waals surface area contributed by atoms with Gasteiger partial charge in [-0.1, -0.05) is 42.5 Å². The lowest BCUT2D eigenvalue weighted by atomic mass is 9.81. The molecule has 1 aliphatic carbocycles. The third kappa shape index (κ3) is 6.12. The van der Waals surface area contributed by atoms with Crippen LogP contribution in [0.2, 0.25) is 0 Å². The first-order chi connectivity index (χ1) is 12.7. The van der Waals surface area contributed by atoms with E-state index in [1.54, 1.807) is 12.1 Å². The van der Waals surface area contributed by atoms with Gasteiger partial charge in [0.1, 0.15) is 6.61 Å².